The van der Waals surface area contributed by atoms with Crippen LogP contribution in [-0.4, -0.2) is 49.9 Å². The number of oxazole rings is 1. The summed E-state index contributed by atoms with van der Waals surface area (Å²) >= 11 is 0. The van der Waals surface area contributed by atoms with E-state index in [-0.39, 0.29) is 18.5 Å². The van der Waals surface area contributed by atoms with Crippen LogP contribution in [0.15, 0.2) is 47.5 Å². The molecule has 0 fully saturated rings. The molecule has 0 aliphatic heterocycles. The first-order chi connectivity index (χ1) is 18.1. The minimum Gasteiger partial charge on any atom is -0.447 e. The van der Waals surface area contributed by atoms with Crippen molar-refractivity contribution in [3.63, 3.8) is 0 Å². The summed E-state index contributed by atoms with van der Waals surface area (Å²) in [5, 5.41) is 8.21. The molecule has 0 radical (unpaired) electrons. The molecule has 1 amide bonds. The van der Waals surface area contributed by atoms with Crippen LogP contribution < -0.4 is 5.32 Å². The Hall–Kier alpha value is -3.90. The average Bonchev–Trinajstić information content (AvgIpc) is 3.59. The lowest BCUT2D eigenvalue weighted by Crippen LogP contribution is -2.26. The molecular formula is C26H30FN7O3Si. The fourth-order valence-electron chi connectivity index (χ4n) is 4.18. The van der Waals surface area contributed by atoms with Crippen molar-refractivity contribution in [1.29, 1.82) is 0 Å². The number of carbonyl (C=O) groups excluding carboxylic acids is 1. The predicted octanol–water partition coefficient (Wildman–Crippen LogP) is 4.92. The van der Waals surface area contributed by atoms with Gasteiger partial charge in [-0.05, 0) is 31.2 Å². The standard InChI is InChI=1S/C26H30FN7O3Si/c1-16(26-28-8-9-37-26)30-25(35)19-14-34(15-36-10-11-38(3,4)5)24-23(19)31-20(13-29-24)22-18-7-6-17(27)12-21(18)33(2)32-22/h6-9,12-14,16H,10-11,15H2,1-5H3,(H,30,35)/t16-/m0/s1. The fraction of sp³-hybridized carbons (Fsp3) is 0.346. The lowest BCUT2D eigenvalue weighted by molar-refractivity contribution is 0.0889. The summed E-state index contributed by atoms with van der Waals surface area (Å²) in [4.78, 5) is 27.0. The highest BCUT2D eigenvalue weighted by Gasteiger charge is 2.23. The Morgan fingerprint density at radius 2 is 2.08 bits per heavy atom. The van der Waals surface area contributed by atoms with Crippen molar-refractivity contribution in [1.82, 2.24) is 34.6 Å². The average molecular weight is 536 g/mol. The van der Waals surface area contributed by atoms with Gasteiger partial charge in [-0.2, -0.15) is 5.10 Å². The minimum atomic E-state index is -1.25. The third kappa shape index (κ3) is 5.22. The maximum Gasteiger partial charge on any atom is 0.255 e. The molecule has 0 spiro atoms. The zero-order chi connectivity index (χ0) is 27.0. The number of nitrogens with one attached hydrogen (secondary N) is 1. The Morgan fingerprint density at radius 1 is 1.26 bits per heavy atom. The van der Waals surface area contributed by atoms with Crippen molar-refractivity contribution in [3.8, 4) is 11.4 Å². The molecule has 12 heteroatoms. The molecule has 5 rings (SSSR count). The molecule has 0 aliphatic carbocycles. The summed E-state index contributed by atoms with van der Waals surface area (Å²) in [6.07, 6.45) is 6.31. The SMILES string of the molecule is C[C@H](NC(=O)c1cn(COCC[Si](C)(C)C)c2ncc(-c3nn(C)c4cc(F)ccc34)nc12)c1ncco1. The molecule has 0 saturated heterocycles. The highest BCUT2D eigenvalue weighted by molar-refractivity contribution is 6.76. The summed E-state index contributed by atoms with van der Waals surface area (Å²) in [6.45, 7) is 9.53. The molecule has 0 aliphatic rings. The monoisotopic (exact) mass is 535 g/mol. The molecule has 1 atom stereocenters. The van der Waals surface area contributed by atoms with Crippen molar-refractivity contribution in [2.24, 2.45) is 7.05 Å². The lowest BCUT2D eigenvalue weighted by Gasteiger charge is -2.15. The van der Waals surface area contributed by atoms with Crippen LogP contribution in [0.4, 0.5) is 4.39 Å². The summed E-state index contributed by atoms with van der Waals surface area (Å²) in [6, 6.07) is 5.05. The second-order valence-electron chi connectivity index (χ2n) is 10.5. The normalized spacial score (nSPS) is 12.9. The summed E-state index contributed by atoms with van der Waals surface area (Å²) in [7, 11) is 0.495. The van der Waals surface area contributed by atoms with Crippen LogP contribution in [0.3, 0.4) is 0 Å². The van der Waals surface area contributed by atoms with Crippen LogP contribution in [0, 0.1) is 5.82 Å². The third-order valence-corrected chi connectivity index (χ3v) is 7.97. The van der Waals surface area contributed by atoms with Gasteiger partial charge < -0.3 is 19.0 Å². The van der Waals surface area contributed by atoms with Crippen molar-refractivity contribution < 1.29 is 18.3 Å². The van der Waals surface area contributed by atoms with Crippen LogP contribution in [0.1, 0.15) is 29.2 Å². The largest absolute Gasteiger partial charge is 0.447 e. The predicted molar refractivity (Wildman–Crippen MR) is 144 cm³/mol. The number of hydrogen-bond donors (Lipinski definition) is 1. The number of halogens is 1. The van der Waals surface area contributed by atoms with Gasteiger partial charge in [-0.25, -0.2) is 19.3 Å². The van der Waals surface area contributed by atoms with Crippen molar-refractivity contribution in [2.75, 3.05) is 6.61 Å². The maximum absolute atomic E-state index is 13.8. The van der Waals surface area contributed by atoms with E-state index in [1.165, 1.54) is 24.6 Å². The number of hydrogen-bond acceptors (Lipinski definition) is 7. The minimum absolute atomic E-state index is 0.239. The van der Waals surface area contributed by atoms with Gasteiger partial charge in [0.25, 0.3) is 5.91 Å². The molecule has 10 nitrogen and oxygen atoms in total. The second kappa shape index (κ2) is 10.1. The third-order valence-electron chi connectivity index (χ3n) is 6.26. The molecule has 1 aromatic carbocycles. The highest BCUT2D eigenvalue weighted by atomic mass is 28.3. The van der Waals surface area contributed by atoms with Crippen LogP contribution in [0.2, 0.25) is 25.7 Å². The molecule has 0 saturated carbocycles. The lowest BCUT2D eigenvalue weighted by atomic mass is 10.1. The van der Waals surface area contributed by atoms with Gasteiger partial charge in [-0.15, -0.1) is 0 Å². The first-order valence-electron chi connectivity index (χ1n) is 12.4. The Bertz CT molecular complexity index is 1600. The first-order valence-corrected chi connectivity index (χ1v) is 16.1. The van der Waals surface area contributed by atoms with Crippen molar-refractivity contribution in [2.45, 2.75) is 45.4 Å². The van der Waals surface area contributed by atoms with Crippen LogP contribution in [0.25, 0.3) is 33.5 Å². The van der Waals surface area contributed by atoms with Crippen LogP contribution in [0.5, 0.6) is 0 Å². The Morgan fingerprint density at radius 3 is 2.82 bits per heavy atom. The second-order valence-corrected chi connectivity index (χ2v) is 16.1. The van der Waals surface area contributed by atoms with Gasteiger partial charge in [-0.1, -0.05) is 19.6 Å². The van der Waals surface area contributed by atoms with E-state index in [9.17, 15) is 9.18 Å². The number of fused-ring (bicyclic) bond motifs is 2. The summed E-state index contributed by atoms with van der Waals surface area (Å²) in [5.74, 6) is -0.296. The molecule has 0 unspecified atom stereocenters. The smallest absolute Gasteiger partial charge is 0.255 e. The van der Waals surface area contributed by atoms with E-state index in [0.717, 1.165) is 11.4 Å². The van der Waals surface area contributed by atoms with E-state index in [2.05, 4.69) is 40.0 Å². The molecule has 4 heterocycles. The number of aromatic nitrogens is 6. The van der Waals surface area contributed by atoms with Gasteiger partial charge >= 0.3 is 0 Å². The maximum atomic E-state index is 13.8. The van der Waals surface area contributed by atoms with E-state index in [4.69, 9.17) is 14.1 Å². The summed E-state index contributed by atoms with van der Waals surface area (Å²) in [5.41, 5.74) is 2.93. The number of nitrogens with zero attached hydrogens (tertiary/aromatic N) is 6. The van der Waals surface area contributed by atoms with Gasteiger partial charge in [-0.3, -0.25) is 9.48 Å². The van der Waals surface area contributed by atoms with E-state index >= 15 is 0 Å². The number of aryl methyl sites for hydroxylation is 1. The Balaban J connectivity index is 1.53. The number of ether oxygens (including phenoxy) is 1. The van der Waals surface area contributed by atoms with E-state index in [1.807, 2.05) is 0 Å². The van der Waals surface area contributed by atoms with Gasteiger partial charge in [0.05, 0.1) is 23.5 Å². The fourth-order valence-corrected chi connectivity index (χ4v) is 4.93. The van der Waals surface area contributed by atoms with Gasteiger partial charge in [0.15, 0.2) is 5.65 Å². The van der Waals surface area contributed by atoms with E-state index < -0.39 is 14.1 Å². The van der Waals surface area contributed by atoms with Crippen LogP contribution in [-0.2, 0) is 18.5 Å². The van der Waals surface area contributed by atoms with Gasteiger partial charge in [0.1, 0.15) is 41.8 Å². The molecule has 38 heavy (non-hydrogen) atoms. The van der Waals surface area contributed by atoms with Crippen molar-refractivity contribution in [3.05, 3.63) is 60.3 Å². The van der Waals surface area contributed by atoms with Gasteiger partial charge in [0, 0.05) is 33.3 Å². The zero-order valence-corrected chi connectivity index (χ0v) is 23.0. The van der Waals surface area contributed by atoms with E-state index in [0.29, 0.717) is 46.1 Å². The van der Waals surface area contributed by atoms with E-state index in [1.54, 1.807) is 41.7 Å². The zero-order valence-electron chi connectivity index (χ0n) is 22.0. The highest BCUT2D eigenvalue weighted by Crippen LogP contribution is 2.29. The molecule has 4 aromatic heterocycles. The molecule has 5 aromatic rings. The van der Waals surface area contributed by atoms with Crippen molar-refractivity contribution >= 4 is 36.0 Å². The molecule has 0 bridgehead atoms. The molecule has 198 valence electrons. The Kier molecular flexibility index (Phi) is 6.84. The first kappa shape index (κ1) is 25.7. The quantitative estimate of drug-likeness (QED) is 0.211. The summed E-state index contributed by atoms with van der Waals surface area (Å²) < 4.78 is 28.5. The Labute approximate surface area is 219 Å². The number of carbonyl (C=O) groups is 1. The molecule has 1 N–H and O–H groups in total. The van der Waals surface area contributed by atoms with Gasteiger partial charge in [0.2, 0.25) is 5.89 Å². The number of amides is 1. The van der Waals surface area contributed by atoms with Crippen LogP contribution >= 0.6 is 0 Å². The number of benzene rings is 1. The number of rotatable bonds is 9. The topological polar surface area (TPSA) is 113 Å². The molecular weight excluding hydrogens is 505 g/mol.